The Morgan fingerprint density at radius 2 is 1.87 bits per heavy atom. The summed E-state index contributed by atoms with van der Waals surface area (Å²) in [4.78, 5) is 4.59. The van der Waals surface area contributed by atoms with Gasteiger partial charge in [-0.15, -0.1) is 10.2 Å². The van der Waals surface area contributed by atoms with Crippen molar-refractivity contribution in [3.63, 3.8) is 0 Å². The predicted molar refractivity (Wildman–Crippen MR) is 116 cm³/mol. The molecule has 1 aromatic carbocycles. The first kappa shape index (κ1) is 18.9. The van der Waals surface area contributed by atoms with Crippen LogP contribution in [0.3, 0.4) is 0 Å². The molecule has 1 saturated heterocycles. The van der Waals surface area contributed by atoms with Crippen LogP contribution in [0.4, 0.5) is 11.5 Å². The van der Waals surface area contributed by atoms with E-state index in [0.29, 0.717) is 17.3 Å². The van der Waals surface area contributed by atoms with Crippen LogP contribution in [0.5, 0.6) is 5.75 Å². The number of likely N-dealkylation sites (N-methyl/N-ethyl adjacent to an activating group) is 1. The normalized spacial score (nSPS) is 17.3. The fourth-order valence-electron chi connectivity index (χ4n) is 4.33. The number of benzene rings is 1. The molecule has 2 aromatic heterocycles. The Bertz CT molecular complexity index is 1060. The number of hydrogen-bond acceptors (Lipinski definition) is 7. The molecule has 0 saturated carbocycles. The Hall–Kier alpha value is -3.13. The van der Waals surface area contributed by atoms with Gasteiger partial charge in [0.2, 0.25) is 0 Å². The number of fused-ring (bicyclic) bond motifs is 1. The van der Waals surface area contributed by atoms with Crippen molar-refractivity contribution in [3.05, 3.63) is 36.7 Å². The van der Waals surface area contributed by atoms with Crippen LogP contribution in [0.1, 0.15) is 12.8 Å². The third-order valence-corrected chi connectivity index (χ3v) is 6.06. The molecule has 0 radical (unpaired) electrons. The van der Waals surface area contributed by atoms with Crippen molar-refractivity contribution in [2.45, 2.75) is 18.9 Å². The van der Waals surface area contributed by atoms with Gasteiger partial charge in [-0.2, -0.15) is 5.10 Å². The summed E-state index contributed by atoms with van der Waals surface area (Å²) in [6.45, 7) is 3.47. The van der Waals surface area contributed by atoms with Gasteiger partial charge in [0.15, 0.2) is 5.82 Å². The second-order valence-electron chi connectivity index (χ2n) is 8.03. The molecule has 5 rings (SSSR count). The molecule has 0 spiro atoms. The van der Waals surface area contributed by atoms with E-state index in [2.05, 4.69) is 32.1 Å². The Balaban J connectivity index is 1.48. The number of aromatic nitrogens is 4. The summed E-state index contributed by atoms with van der Waals surface area (Å²) < 4.78 is 7.27. The predicted octanol–water partition coefficient (Wildman–Crippen LogP) is 2.68. The molecule has 0 unspecified atom stereocenters. The molecule has 0 bridgehead atoms. The summed E-state index contributed by atoms with van der Waals surface area (Å²) in [7, 11) is 3.96. The summed E-state index contributed by atoms with van der Waals surface area (Å²) in [5.41, 5.74) is 4.27. The van der Waals surface area contributed by atoms with E-state index in [-0.39, 0.29) is 5.75 Å². The fraction of sp³-hybridized carbons (Fsp3) is 0.409. The third-order valence-electron chi connectivity index (χ3n) is 6.06. The summed E-state index contributed by atoms with van der Waals surface area (Å²) in [5, 5.41) is 24.0. The molecular weight excluding hydrogens is 380 g/mol. The van der Waals surface area contributed by atoms with Crippen molar-refractivity contribution < 1.29 is 9.84 Å². The third kappa shape index (κ3) is 3.37. The summed E-state index contributed by atoms with van der Waals surface area (Å²) in [5.74, 6) is 1.11. The SMILES string of the molecule is CN1CCN(C2CCOCC2)c2nnc(-c3ccc(-c4cnn(C)c4)cc3O)cc21. The van der Waals surface area contributed by atoms with Gasteiger partial charge in [0.25, 0.3) is 0 Å². The van der Waals surface area contributed by atoms with E-state index in [1.54, 1.807) is 16.9 Å². The maximum absolute atomic E-state index is 10.7. The largest absolute Gasteiger partial charge is 0.507 e. The van der Waals surface area contributed by atoms with Crippen molar-refractivity contribution in [2.24, 2.45) is 7.05 Å². The highest BCUT2D eigenvalue weighted by Gasteiger charge is 2.30. The van der Waals surface area contributed by atoms with Crippen LogP contribution in [0.15, 0.2) is 36.7 Å². The number of ether oxygens (including phenoxy) is 1. The molecule has 2 aliphatic heterocycles. The number of aromatic hydroxyl groups is 1. The average Bonchev–Trinajstić information content (AvgIpc) is 3.21. The van der Waals surface area contributed by atoms with Gasteiger partial charge < -0.3 is 19.6 Å². The van der Waals surface area contributed by atoms with Crippen molar-refractivity contribution in [2.75, 3.05) is 43.2 Å². The van der Waals surface area contributed by atoms with E-state index >= 15 is 0 Å². The number of aryl methyl sites for hydroxylation is 1. The zero-order chi connectivity index (χ0) is 20.7. The van der Waals surface area contributed by atoms with Crippen LogP contribution in [0, 0.1) is 0 Å². The number of rotatable bonds is 3. The first-order valence-corrected chi connectivity index (χ1v) is 10.4. The van der Waals surface area contributed by atoms with E-state index in [0.717, 1.165) is 61.8 Å². The lowest BCUT2D eigenvalue weighted by atomic mass is 10.0. The van der Waals surface area contributed by atoms with Crippen LogP contribution >= 0.6 is 0 Å². The van der Waals surface area contributed by atoms with Gasteiger partial charge in [-0.25, -0.2) is 0 Å². The smallest absolute Gasteiger partial charge is 0.175 e. The highest BCUT2D eigenvalue weighted by molar-refractivity contribution is 5.78. The summed E-state index contributed by atoms with van der Waals surface area (Å²) >= 11 is 0. The number of hydrogen-bond donors (Lipinski definition) is 1. The zero-order valence-corrected chi connectivity index (χ0v) is 17.3. The highest BCUT2D eigenvalue weighted by Crippen LogP contribution is 2.38. The standard InChI is InChI=1S/C22H26N6O2/c1-26-7-8-28(17-5-9-30-10-6-17)22-20(26)12-19(24-25-22)18-4-3-15(11-21(18)29)16-13-23-27(2)14-16/h3-4,11-14,17,29H,5-10H2,1-2H3. The number of phenolic OH excluding ortho intramolecular Hbond substituents is 1. The number of nitrogens with zero attached hydrogens (tertiary/aromatic N) is 6. The number of anilines is 2. The number of phenols is 1. The van der Waals surface area contributed by atoms with Crippen molar-refractivity contribution >= 4 is 11.5 Å². The van der Waals surface area contributed by atoms with Gasteiger partial charge in [-0.3, -0.25) is 4.68 Å². The van der Waals surface area contributed by atoms with E-state index in [4.69, 9.17) is 4.74 Å². The van der Waals surface area contributed by atoms with Crippen LogP contribution in [0.25, 0.3) is 22.4 Å². The minimum atomic E-state index is 0.186. The molecule has 0 amide bonds. The highest BCUT2D eigenvalue weighted by atomic mass is 16.5. The fourth-order valence-corrected chi connectivity index (χ4v) is 4.33. The van der Waals surface area contributed by atoms with Gasteiger partial charge in [-0.05, 0) is 36.6 Å². The molecule has 1 fully saturated rings. The summed E-state index contributed by atoms with van der Waals surface area (Å²) in [6.07, 6.45) is 5.74. The lowest BCUT2D eigenvalue weighted by molar-refractivity contribution is 0.0842. The zero-order valence-electron chi connectivity index (χ0n) is 17.3. The van der Waals surface area contributed by atoms with Crippen LogP contribution in [-0.2, 0) is 11.8 Å². The Kier molecular flexibility index (Phi) is 4.78. The van der Waals surface area contributed by atoms with Crippen LogP contribution < -0.4 is 9.80 Å². The molecular formula is C22H26N6O2. The molecule has 8 nitrogen and oxygen atoms in total. The molecule has 30 heavy (non-hydrogen) atoms. The monoisotopic (exact) mass is 406 g/mol. The molecule has 2 aliphatic rings. The van der Waals surface area contributed by atoms with Gasteiger partial charge >= 0.3 is 0 Å². The van der Waals surface area contributed by atoms with Crippen molar-refractivity contribution in [1.82, 2.24) is 20.0 Å². The maximum atomic E-state index is 10.7. The van der Waals surface area contributed by atoms with Crippen LogP contribution in [-0.4, -0.2) is 64.5 Å². The minimum Gasteiger partial charge on any atom is -0.507 e. The van der Waals surface area contributed by atoms with E-state index in [1.807, 2.05) is 31.4 Å². The first-order chi connectivity index (χ1) is 14.6. The summed E-state index contributed by atoms with van der Waals surface area (Å²) in [6, 6.07) is 8.11. The van der Waals surface area contributed by atoms with E-state index in [9.17, 15) is 5.11 Å². The molecule has 4 heterocycles. The maximum Gasteiger partial charge on any atom is 0.175 e. The van der Waals surface area contributed by atoms with Gasteiger partial charge in [0.05, 0.1) is 17.6 Å². The van der Waals surface area contributed by atoms with Gasteiger partial charge in [-0.1, -0.05) is 6.07 Å². The molecule has 8 heteroatoms. The molecule has 156 valence electrons. The first-order valence-electron chi connectivity index (χ1n) is 10.4. The topological polar surface area (TPSA) is 79.5 Å². The van der Waals surface area contributed by atoms with Gasteiger partial charge in [0.1, 0.15) is 5.75 Å². The van der Waals surface area contributed by atoms with Crippen LogP contribution in [0.2, 0.25) is 0 Å². The molecule has 0 atom stereocenters. The quantitative estimate of drug-likeness (QED) is 0.716. The Labute approximate surface area is 175 Å². The van der Waals surface area contributed by atoms with Gasteiger partial charge in [0, 0.05) is 63.8 Å². The van der Waals surface area contributed by atoms with E-state index in [1.165, 1.54) is 0 Å². The molecule has 1 N–H and O–H groups in total. The van der Waals surface area contributed by atoms with Crippen molar-refractivity contribution in [3.8, 4) is 28.1 Å². The minimum absolute atomic E-state index is 0.186. The second kappa shape index (κ2) is 7.60. The van der Waals surface area contributed by atoms with Crippen molar-refractivity contribution in [1.29, 1.82) is 0 Å². The Morgan fingerprint density at radius 3 is 2.60 bits per heavy atom. The lowest BCUT2D eigenvalue weighted by Gasteiger charge is -2.41. The molecule has 3 aromatic rings. The molecule has 0 aliphatic carbocycles. The Morgan fingerprint density at radius 1 is 1.03 bits per heavy atom. The lowest BCUT2D eigenvalue weighted by Crippen LogP contribution is -2.47. The second-order valence-corrected chi connectivity index (χ2v) is 8.03. The average molecular weight is 406 g/mol. The van der Waals surface area contributed by atoms with E-state index < -0.39 is 0 Å².